The molecule has 5 saturated heterocycles. The van der Waals surface area contributed by atoms with Gasteiger partial charge in [0.2, 0.25) is 0 Å². The van der Waals surface area contributed by atoms with Gasteiger partial charge in [0, 0.05) is 58.2 Å². The summed E-state index contributed by atoms with van der Waals surface area (Å²) >= 11 is 0. The van der Waals surface area contributed by atoms with Crippen LogP contribution in [0.4, 0.5) is 0 Å². The first-order valence-electron chi connectivity index (χ1n) is 24.2. The number of ether oxygens (including phenoxy) is 10. The summed E-state index contributed by atoms with van der Waals surface area (Å²) in [6, 6.07) is 0. The van der Waals surface area contributed by atoms with Gasteiger partial charge in [-0.3, -0.25) is 9.59 Å². The molecule has 3 N–H and O–H groups in total. The largest absolute Gasteiger partial charge is 0.462 e. The molecule has 0 unspecified atom stereocenters. The number of esters is 1. The molecule has 6 fully saturated rings. The fourth-order valence-electron chi connectivity index (χ4n) is 11.9. The minimum Gasteiger partial charge on any atom is -0.462 e. The molecule has 8 rings (SSSR count). The molecular weight excluding hydrogens is 841 g/mol. The number of methoxy groups -OCH3 is 2. The molecule has 1 saturated carbocycles. The first kappa shape index (κ1) is 49.1. The fourth-order valence-corrected chi connectivity index (χ4v) is 11.9. The Bertz CT molecular complexity index is 1820. The third-order valence-electron chi connectivity index (χ3n) is 15.8. The van der Waals surface area contributed by atoms with Gasteiger partial charge in [0.25, 0.3) is 0 Å². The molecule has 0 radical (unpaired) electrons. The molecule has 6 aliphatic heterocycles. The lowest BCUT2D eigenvalue weighted by molar-refractivity contribution is -0.355. The molecule has 8 aliphatic rings. The third kappa shape index (κ3) is 10.1. The second kappa shape index (κ2) is 20.3. The molecule has 0 aromatic carbocycles. The van der Waals surface area contributed by atoms with E-state index < -0.39 is 103 Å². The lowest BCUT2D eigenvalue weighted by Crippen LogP contribution is -2.60. The number of carbonyl (C=O) groups excluding carboxylic acids is 2. The van der Waals surface area contributed by atoms with Crippen LogP contribution in [-0.4, -0.2) is 145 Å². The van der Waals surface area contributed by atoms with Crippen molar-refractivity contribution >= 4 is 11.8 Å². The predicted molar refractivity (Wildman–Crippen MR) is 235 cm³/mol. The summed E-state index contributed by atoms with van der Waals surface area (Å²) in [5, 5.41) is 34.7. The number of aliphatic hydroxyl groups is 3. The van der Waals surface area contributed by atoms with E-state index in [1.165, 1.54) is 12.5 Å². The molecule has 0 aromatic heterocycles. The van der Waals surface area contributed by atoms with Crippen LogP contribution in [0.1, 0.15) is 112 Å². The minimum atomic E-state index is -1.96. The normalized spacial score (nSPS) is 48.9. The number of fused-ring (bicyclic) bond motifs is 2. The van der Waals surface area contributed by atoms with E-state index in [-0.39, 0.29) is 49.1 Å². The van der Waals surface area contributed by atoms with Crippen molar-refractivity contribution in [2.75, 3.05) is 20.8 Å². The van der Waals surface area contributed by atoms with E-state index in [9.17, 15) is 24.9 Å². The molecule has 65 heavy (non-hydrogen) atoms. The smallest absolute Gasteiger partial charge is 0.316 e. The first-order valence-corrected chi connectivity index (χ1v) is 24.2. The standard InChI is InChI=1S/C50H74O15/c1-26-13-12-16-33-25-58-47-42(52)28(3)19-36(50(33,47)55)48(54)61-35-20-34(64-49(23-35)24-37(51)29(4)45(65-49)32-14-10-9-11-15-32)18-17-27(2)44(26)62-41-22-39(57-8)46(31(6)60-41)63-40-21-38(56-7)43(53)30(5)59-40/h12-13,16-17,19,26,29-32,34-41,43-47,51,53,55H,9-11,14-15,18,20-25H2,1-8H3/b13-12+,27-17+,33-16+/t26-,29-,30-,31-,34+,35-,36-,37-,38-,39-,40-,41-,43-,44-,45-,46-,47+,49-,50+/m0/s1. The average Bonchev–Trinajstić information content (AvgIpc) is 3.62. The zero-order valence-corrected chi connectivity index (χ0v) is 39.5. The number of Topliss-reactive ketones (excluding diaryl/α,β-unsaturated/α-hetero) is 1. The fraction of sp³-hybridized carbons (Fsp3) is 0.800. The van der Waals surface area contributed by atoms with E-state index in [1.807, 2.05) is 32.9 Å². The van der Waals surface area contributed by atoms with Gasteiger partial charge in [-0.25, -0.2) is 0 Å². The Hall–Kier alpha value is -2.38. The summed E-state index contributed by atoms with van der Waals surface area (Å²) < 4.78 is 63.9. The van der Waals surface area contributed by atoms with E-state index in [4.69, 9.17) is 47.4 Å². The van der Waals surface area contributed by atoms with Crippen LogP contribution in [0.2, 0.25) is 0 Å². The van der Waals surface area contributed by atoms with Crippen LogP contribution in [-0.2, 0) is 57.0 Å². The van der Waals surface area contributed by atoms with Gasteiger partial charge < -0.3 is 62.7 Å². The Balaban J connectivity index is 1.09. The lowest BCUT2D eigenvalue weighted by atomic mass is 9.71. The van der Waals surface area contributed by atoms with Gasteiger partial charge >= 0.3 is 5.97 Å². The number of ketones is 1. The van der Waals surface area contributed by atoms with E-state index in [1.54, 1.807) is 34.1 Å². The average molecular weight is 915 g/mol. The van der Waals surface area contributed by atoms with Crippen LogP contribution >= 0.6 is 0 Å². The first-order chi connectivity index (χ1) is 31.0. The lowest BCUT2D eigenvalue weighted by Gasteiger charge is -2.53. The minimum absolute atomic E-state index is 0.0444. The van der Waals surface area contributed by atoms with Gasteiger partial charge in [-0.15, -0.1) is 0 Å². The van der Waals surface area contributed by atoms with Crippen molar-refractivity contribution in [3.05, 3.63) is 47.1 Å². The molecular formula is C50H74O15. The zero-order chi connectivity index (χ0) is 46.4. The summed E-state index contributed by atoms with van der Waals surface area (Å²) in [5.74, 6) is -3.47. The van der Waals surface area contributed by atoms with E-state index in [0.717, 1.165) is 31.3 Å². The van der Waals surface area contributed by atoms with Crippen LogP contribution in [0.5, 0.6) is 0 Å². The summed E-state index contributed by atoms with van der Waals surface area (Å²) in [4.78, 5) is 27.9. The summed E-state index contributed by atoms with van der Waals surface area (Å²) in [6.07, 6.45) is 8.46. The molecule has 2 bridgehead atoms. The molecule has 0 aromatic rings. The maximum Gasteiger partial charge on any atom is 0.316 e. The number of hydrogen-bond acceptors (Lipinski definition) is 15. The maximum absolute atomic E-state index is 14.4. The summed E-state index contributed by atoms with van der Waals surface area (Å²) in [5.41, 5.74) is -0.310. The van der Waals surface area contributed by atoms with Crippen LogP contribution in [0.25, 0.3) is 0 Å². The van der Waals surface area contributed by atoms with Crippen LogP contribution in [0.15, 0.2) is 47.1 Å². The third-order valence-corrected chi connectivity index (χ3v) is 15.8. The van der Waals surface area contributed by atoms with Gasteiger partial charge in [-0.2, -0.15) is 0 Å². The van der Waals surface area contributed by atoms with Gasteiger partial charge in [0.05, 0.1) is 55.4 Å². The molecule has 364 valence electrons. The van der Waals surface area contributed by atoms with Gasteiger partial charge in [0.15, 0.2) is 30.3 Å². The summed E-state index contributed by atoms with van der Waals surface area (Å²) in [7, 11) is 3.20. The summed E-state index contributed by atoms with van der Waals surface area (Å²) in [6.45, 7) is 11.4. The number of hydrogen-bond donors (Lipinski definition) is 3. The predicted octanol–water partition coefficient (Wildman–Crippen LogP) is 5.31. The van der Waals surface area contributed by atoms with Crippen LogP contribution in [0.3, 0.4) is 0 Å². The van der Waals surface area contributed by atoms with Crippen LogP contribution < -0.4 is 0 Å². The SMILES string of the molecule is CO[C@H]1C[C@H](O[C@H]2[C@H](C)O[C@@H](O[C@@H]3/C(C)=C/C[C@@H]4C[C@@H](C[C@]5(C[C@H](O)[C@H](C)[C@@H](C6CCCCC6)O5)O4)OC(=O)[C@@H]4C=C(C)C(=O)[C@H]5OC/C(=C\C=C\[C@@H]3C)[C@]54O)C[C@@H]2OC)O[C@@H](C)[C@@H]1O. The topological polar surface area (TPSA) is 187 Å². The molecule has 15 nitrogen and oxygen atoms in total. The van der Waals surface area contributed by atoms with E-state index in [0.29, 0.717) is 36.8 Å². The highest BCUT2D eigenvalue weighted by Gasteiger charge is 2.61. The number of rotatable bonds is 7. The Kier molecular flexibility index (Phi) is 15.3. The van der Waals surface area contributed by atoms with Crippen molar-refractivity contribution in [1.29, 1.82) is 0 Å². The molecule has 2 aliphatic carbocycles. The van der Waals surface area contributed by atoms with Crippen molar-refractivity contribution in [2.24, 2.45) is 23.7 Å². The second-order valence-electron chi connectivity index (χ2n) is 20.3. The van der Waals surface area contributed by atoms with Gasteiger partial charge in [-0.1, -0.05) is 63.5 Å². The van der Waals surface area contributed by atoms with Crippen molar-refractivity contribution < 1.29 is 72.3 Å². The van der Waals surface area contributed by atoms with Crippen LogP contribution in [0, 0.1) is 23.7 Å². The van der Waals surface area contributed by atoms with Crippen molar-refractivity contribution in [3.8, 4) is 0 Å². The Labute approximate surface area is 384 Å². The van der Waals surface area contributed by atoms with Crippen molar-refractivity contribution in [3.63, 3.8) is 0 Å². The molecule has 6 heterocycles. The zero-order valence-electron chi connectivity index (χ0n) is 39.5. The Morgan fingerprint density at radius 3 is 2.28 bits per heavy atom. The van der Waals surface area contributed by atoms with E-state index >= 15 is 0 Å². The highest BCUT2D eigenvalue weighted by molar-refractivity contribution is 6.03. The molecule has 0 amide bonds. The van der Waals surface area contributed by atoms with Gasteiger partial charge in [-0.05, 0) is 69.6 Å². The maximum atomic E-state index is 14.4. The highest BCUT2D eigenvalue weighted by Crippen LogP contribution is 2.48. The highest BCUT2D eigenvalue weighted by atomic mass is 16.7. The number of allylic oxidation sites excluding steroid dienone is 2. The monoisotopic (exact) mass is 915 g/mol. The molecule has 15 heteroatoms. The van der Waals surface area contributed by atoms with Crippen molar-refractivity contribution in [2.45, 2.75) is 209 Å². The van der Waals surface area contributed by atoms with Gasteiger partial charge in [0.1, 0.15) is 29.8 Å². The van der Waals surface area contributed by atoms with Crippen molar-refractivity contribution in [1.82, 2.24) is 0 Å². The molecule has 19 atom stereocenters. The molecule has 1 spiro atoms. The second-order valence-corrected chi connectivity index (χ2v) is 20.3. The Morgan fingerprint density at radius 2 is 1.54 bits per heavy atom. The number of aliphatic hydroxyl groups excluding tert-OH is 2. The number of carbonyl (C=O) groups is 2. The quantitative estimate of drug-likeness (QED) is 0.220. The van der Waals surface area contributed by atoms with E-state index in [2.05, 4.69) is 13.0 Å². The Morgan fingerprint density at radius 1 is 0.831 bits per heavy atom.